The summed E-state index contributed by atoms with van der Waals surface area (Å²) in [5, 5.41) is 0. The summed E-state index contributed by atoms with van der Waals surface area (Å²) in [5.41, 5.74) is 6.51. The van der Waals surface area contributed by atoms with Crippen LogP contribution in [0.1, 0.15) is 34.0 Å². The lowest BCUT2D eigenvalue weighted by molar-refractivity contribution is -0.0602. The molecule has 0 radical (unpaired) electrons. The number of hydrogen-bond donors (Lipinski definition) is 0. The van der Waals surface area contributed by atoms with Crippen LogP contribution >= 0.6 is 0 Å². The van der Waals surface area contributed by atoms with Gasteiger partial charge in [-0.25, -0.2) is 0 Å². The van der Waals surface area contributed by atoms with Crippen LogP contribution in [0.3, 0.4) is 0 Å². The molecule has 1 unspecified atom stereocenters. The molecule has 0 bridgehead atoms. The van der Waals surface area contributed by atoms with Crippen molar-refractivity contribution < 1.29 is 14.3 Å². The molecule has 3 rings (SSSR count). The molecule has 1 heterocycles. The third kappa shape index (κ3) is 2.53. The van der Waals surface area contributed by atoms with E-state index in [4.69, 9.17) is 9.47 Å². The SMILES string of the molecule is CCOC1Cc2c(cc(C)c(-c3cccc(C=O)c3)c2C)O1. The van der Waals surface area contributed by atoms with Crippen LogP contribution < -0.4 is 4.74 Å². The van der Waals surface area contributed by atoms with Gasteiger partial charge >= 0.3 is 0 Å². The van der Waals surface area contributed by atoms with E-state index in [9.17, 15) is 4.79 Å². The first-order chi connectivity index (χ1) is 10.6. The van der Waals surface area contributed by atoms with E-state index in [0.717, 1.165) is 29.6 Å². The zero-order chi connectivity index (χ0) is 15.7. The predicted molar refractivity (Wildman–Crippen MR) is 86.5 cm³/mol. The molecule has 0 saturated carbocycles. The molecule has 1 atom stereocenters. The Morgan fingerprint density at radius 3 is 2.86 bits per heavy atom. The maximum Gasteiger partial charge on any atom is 0.204 e. The van der Waals surface area contributed by atoms with Crippen LogP contribution in [-0.2, 0) is 11.2 Å². The summed E-state index contributed by atoms with van der Waals surface area (Å²) >= 11 is 0. The molecule has 2 aromatic carbocycles. The Hall–Kier alpha value is -2.13. The van der Waals surface area contributed by atoms with Crippen LogP contribution in [0, 0.1) is 13.8 Å². The van der Waals surface area contributed by atoms with Gasteiger partial charge in [0, 0.05) is 24.2 Å². The number of carbonyl (C=O) groups is 1. The largest absolute Gasteiger partial charge is 0.464 e. The Balaban J connectivity index is 2.07. The lowest BCUT2D eigenvalue weighted by Gasteiger charge is -2.14. The summed E-state index contributed by atoms with van der Waals surface area (Å²) in [6.07, 6.45) is 1.47. The molecule has 0 amide bonds. The molecule has 3 heteroatoms. The van der Waals surface area contributed by atoms with Gasteiger partial charge in [0.25, 0.3) is 0 Å². The molecule has 2 aromatic rings. The lowest BCUT2D eigenvalue weighted by atomic mass is 9.90. The van der Waals surface area contributed by atoms with Crippen molar-refractivity contribution in [1.82, 2.24) is 0 Å². The van der Waals surface area contributed by atoms with Gasteiger partial charge in [0.2, 0.25) is 6.29 Å². The molecule has 1 aliphatic rings. The topological polar surface area (TPSA) is 35.5 Å². The van der Waals surface area contributed by atoms with Gasteiger partial charge in [-0.2, -0.15) is 0 Å². The van der Waals surface area contributed by atoms with Crippen molar-refractivity contribution >= 4 is 6.29 Å². The molecule has 3 nitrogen and oxygen atoms in total. The highest BCUT2D eigenvalue weighted by Crippen LogP contribution is 2.39. The average Bonchev–Trinajstić information content (AvgIpc) is 2.91. The number of ether oxygens (including phenoxy) is 2. The van der Waals surface area contributed by atoms with Crippen molar-refractivity contribution in [3.8, 4) is 16.9 Å². The van der Waals surface area contributed by atoms with Gasteiger partial charge in [-0.1, -0.05) is 18.2 Å². The van der Waals surface area contributed by atoms with Gasteiger partial charge in [0.15, 0.2) is 0 Å². The Bertz CT molecular complexity index is 719. The lowest BCUT2D eigenvalue weighted by Crippen LogP contribution is -2.17. The first-order valence-electron chi connectivity index (χ1n) is 7.61. The second kappa shape index (κ2) is 5.93. The monoisotopic (exact) mass is 296 g/mol. The van der Waals surface area contributed by atoms with Crippen LogP contribution in [-0.4, -0.2) is 19.2 Å². The third-order valence-electron chi connectivity index (χ3n) is 4.16. The maximum absolute atomic E-state index is 11.0. The Kier molecular flexibility index (Phi) is 3.99. The fraction of sp³-hybridized carbons (Fsp3) is 0.316. The average molecular weight is 296 g/mol. The van der Waals surface area contributed by atoms with Crippen molar-refractivity contribution in [2.24, 2.45) is 0 Å². The van der Waals surface area contributed by atoms with E-state index in [1.165, 1.54) is 16.7 Å². The number of fused-ring (bicyclic) bond motifs is 1. The molecule has 0 aromatic heterocycles. The number of carbonyl (C=O) groups excluding carboxylic acids is 1. The van der Waals surface area contributed by atoms with Crippen LogP contribution in [0.2, 0.25) is 0 Å². The van der Waals surface area contributed by atoms with E-state index < -0.39 is 0 Å². The van der Waals surface area contributed by atoms with Crippen LogP contribution in [0.25, 0.3) is 11.1 Å². The molecule has 22 heavy (non-hydrogen) atoms. The zero-order valence-corrected chi connectivity index (χ0v) is 13.2. The highest BCUT2D eigenvalue weighted by Gasteiger charge is 2.27. The maximum atomic E-state index is 11.0. The van der Waals surface area contributed by atoms with Gasteiger partial charge in [0.05, 0.1) is 0 Å². The van der Waals surface area contributed by atoms with E-state index >= 15 is 0 Å². The molecule has 0 N–H and O–H groups in total. The number of aryl methyl sites for hydroxylation is 1. The smallest absolute Gasteiger partial charge is 0.204 e. The summed E-state index contributed by atoms with van der Waals surface area (Å²) in [7, 11) is 0. The zero-order valence-electron chi connectivity index (χ0n) is 13.2. The van der Waals surface area contributed by atoms with Gasteiger partial charge in [-0.05, 0) is 55.2 Å². The van der Waals surface area contributed by atoms with E-state index in [1.807, 2.05) is 31.2 Å². The van der Waals surface area contributed by atoms with E-state index in [2.05, 4.69) is 19.9 Å². The summed E-state index contributed by atoms with van der Waals surface area (Å²) in [5.74, 6) is 0.920. The number of aldehydes is 1. The molecule has 1 aliphatic heterocycles. The van der Waals surface area contributed by atoms with Crippen molar-refractivity contribution in [1.29, 1.82) is 0 Å². The second-order valence-corrected chi connectivity index (χ2v) is 5.62. The van der Waals surface area contributed by atoms with Crippen molar-refractivity contribution in [3.05, 3.63) is 52.6 Å². The summed E-state index contributed by atoms with van der Waals surface area (Å²) < 4.78 is 11.5. The van der Waals surface area contributed by atoms with Crippen LogP contribution in [0.15, 0.2) is 30.3 Å². The molecular formula is C19H20O3. The standard InChI is InChI=1S/C19H20O3/c1-4-21-18-10-16-13(3)19(12(2)8-17(16)22-18)15-7-5-6-14(9-15)11-20/h5-9,11,18H,4,10H2,1-3H3. The normalized spacial score (nSPS) is 16.2. The van der Waals surface area contributed by atoms with Gasteiger partial charge in [-0.15, -0.1) is 0 Å². The molecule has 0 fully saturated rings. The molecule has 0 saturated heterocycles. The predicted octanol–water partition coefficient (Wildman–Crippen LogP) is 4.08. The summed E-state index contributed by atoms with van der Waals surface area (Å²) in [4.78, 5) is 11.0. The Labute approximate surface area is 130 Å². The van der Waals surface area contributed by atoms with Crippen LogP contribution in [0.5, 0.6) is 5.75 Å². The highest BCUT2D eigenvalue weighted by molar-refractivity contribution is 5.81. The first kappa shape index (κ1) is 14.8. The minimum Gasteiger partial charge on any atom is -0.464 e. The first-order valence-corrected chi connectivity index (χ1v) is 7.61. The van der Waals surface area contributed by atoms with Gasteiger partial charge < -0.3 is 9.47 Å². The van der Waals surface area contributed by atoms with E-state index in [1.54, 1.807) is 0 Å². The van der Waals surface area contributed by atoms with Gasteiger partial charge in [0.1, 0.15) is 12.0 Å². The van der Waals surface area contributed by atoms with Gasteiger partial charge in [-0.3, -0.25) is 4.79 Å². The molecule has 114 valence electrons. The fourth-order valence-electron chi connectivity index (χ4n) is 3.19. The van der Waals surface area contributed by atoms with Crippen molar-refractivity contribution in [2.45, 2.75) is 33.5 Å². The third-order valence-corrected chi connectivity index (χ3v) is 4.16. The number of hydrogen-bond acceptors (Lipinski definition) is 3. The number of benzene rings is 2. The highest BCUT2D eigenvalue weighted by atomic mass is 16.7. The second-order valence-electron chi connectivity index (χ2n) is 5.62. The number of rotatable bonds is 4. The Morgan fingerprint density at radius 2 is 2.14 bits per heavy atom. The van der Waals surface area contributed by atoms with E-state index in [0.29, 0.717) is 12.2 Å². The molecular weight excluding hydrogens is 276 g/mol. The molecule has 0 spiro atoms. The van der Waals surface area contributed by atoms with Crippen molar-refractivity contribution in [3.63, 3.8) is 0 Å². The fourth-order valence-corrected chi connectivity index (χ4v) is 3.19. The quantitative estimate of drug-likeness (QED) is 0.797. The minimum atomic E-state index is -0.186. The van der Waals surface area contributed by atoms with E-state index in [-0.39, 0.29) is 6.29 Å². The van der Waals surface area contributed by atoms with Crippen molar-refractivity contribution in [2.75, 3.05) is 6.61 Å². The Morgan fingerprint density at radius 1 is 1.32 bits per heavy atom. The summed E-state index contributed by atoms with van der Waals surface area (Å²) in [6, 6.07) is 9.80. The minimum absolute atomic E-state index is 0.186. The van der Waals surface area contributed by atoms with Crippen LogP contribution in [0.4, 0.5) is 0 Å². The summed E-state index contributed by atoms with van der Waals surface area (Å²) in [6.45, 7) is 6.81. The molecule has 0 aliphatic carbocycles.